The quantitative estimate of drug-likeness (QED) is 0.720. The van der Waals surface area contributed by atoms with Gasteiger partial charge in [-0.2, -0.15) is 5.26 Å². The zero-order valence-electron chi connectivity index (χ0n) is 7.07. The summed E-state index contributed by atoms with van der Waals surface area (Å²) in [5.74, 6) is -0.510. The minimum absolute atomic E-state index is 0.370. The van der Waals surface area contributed by atoms with E-state index in [1.165, 1.54) is 17.8 Å². The number of hydrogen-bond donors (Lipinski definition) is 1. The Morgan fingerprint density at radius 2 is 2.31 bits per heavy atom. The van der Waals surface area contributed by atoms with Gasteiger partial charge in [-0.1, -0.05) is 0 Å². The van der Waals surface area contributed by atoms with E-state index in [1.54, 1.807) is 12.1 Å². The number of amides is 1. The number of hydrogen-bond acceptors (Lipinski definition) is 3. The maximum absolute atomic E-state index is 10.8. The molecular weight excluding hydrogens is 184 g/mol. The fourth-order valence-corrected chi connectivity index (χ4v) is 1.48. The van der Waals surface area contributed by atoms with Crippen molar-refractivity contribution < 1.29 is 4.79 Å². The lowest BCUT2D eigenvalue weighted by atomic mass is 10.1. The highest BCUT2D eigenvalue weighted by Gasteiger charge is 2.05. The van der Waals surface area contributed by atoms with Gasteiger partial charge in [0.25, 0.3) is 0 Å². The molecule has 66 valence electrons. The van der Waals surface area contributed by atoms with Crippen LogP contribution in [0, 0.1) is 11.3 Å². The summed E-state index contributed by atoms with van der Waals surface area (Å²) in [6.45, 7) is 0. The summed E-state index contributed by atoms with van der Waals surface area (Å²) in [6, 6.07) is 6.87. The van der Waals surface area contributed by atoms with Crippen molar-refractivity contribution in [3.8, 4) is 6.07 Å². The second-order valence-electron chi connectivity index (χ2n) is 2.39. The number of benzene rings is 1. The molecule has 0 unspecified atom stereocenters. The lowest BCUT2D eigenvalue weighted by Gasteiger charge is -2.00. The van der Waals surface area contributed by atoms with Gasteiger partial charge in [0.2, 0.25) is 5.91 Å². The molecule has 1 aromatic rings. The maximum Gasteiger partial charge on any atom is 0.248 e. The summed E-state index contributed by atoms with van der Waals surface area (Å²) in [7, 11) is 0. The van der Waals surface area contributed by atoms with E-state index in [0.29, 0.717) is 11.1 Å². The fraction of sp³-hybridized carbons (Fsp3) is 0.111. The van der Waals surface area contributed by atoms with Crippen molar-refractivity contribution >= 4 is 17.7 Å². The molecule has 1 amide bonds. The first-order valence-corrected chi connectivity index (χ1v) is 4.79. The lowest BCUT2D eigenvalue weighted by molar-refractivity contribution is 0.1000. The van der Waals surface area contributed by atoms with Crippen molar-refractivity contribution in [1.29, 1.82) is 5.26 Å². The molecule has 0 aromatic heterocycles. The van der Waals surface area contributed by atoms with Gasteiger partial charge in [0.1, 0.15) is 6.07 Å². The van der Waals surface area contributed by atoms with Crippen molar-refractivity contribution in [2.24, 2.45) is 5.73 Å². The van der Waals surface area contributed by atoms with Crippen molar-refractivity contribution in [3.05, 3.63) is 29.3 Å². The molecule has 0 aliphatic heterocycles. The molecule has 3 nitrogen and oxygen atoms in total. The van der Waals surface area contributed by atoms with E-state index in [1.807, 2.05) is 12.3 Å². The monoisotopic (exact) mass is 192 g/mol. The number of carbonyl (C=O) groups excluding carboxylic acids is 1. The number of carbonyl (C=O) groups is 1. The van der Waals surface area contributed by atoms with Gasteiger partial charge in [-0.15, -0.1) is 11.8 Å². The van der Waals surface area contributed by atoms with Gasteiger partial charge in [-0.3, -0.25) is 4.79 Å². The summed E-state index contributed by atoms with van der Waals surface area (Å²) >= 11 is 1.47. The van der Waals surface area contributed by atoms with E-state index in [0.717, 1.165) is 4.90 Å². The van der Waals surface area contributed by atoms with Crippen LogP contribution in [-0.2, 0) is 0 Å². The molecule has 0 saturated carbocycles. The van der Waals surface area contributed by atoms with Crippen LogP contribution in [0.15, 0.2) is 23.1 Å². The first-order valence-electron chi connectivity index (χ1n) is 3.57. The Labute approximate surface area is 80.5 Å². The highest BCUT2D eigenvalue weighted by molar-refractivity contribution is 7.98. The maximum atomic E-state index is 10.8. The van der Waals surface area contributed by atoms with Crippen LogP contribution >= 0.6 is 11.8 Å². The number of nitriles is 1. The Morgan fingerprint density at radius 1 is 1.62 bits per heavy atom. The van der Waals surface area contributed by atoms with Gasteiger partial charge in [0.15, 0.2) is 0 Å². The summed E-state index contributed by atoms with van der Waals surface area (Å²) < 4.78 is 0. The standard InChI is InChI=1S/C9H8N2OS/c1-13-8-3-2-6(9(11)12)4-7(8)5-10/h2-4H,1H3,(H2,11,12). The van der Waals surface area contributed by atoms with E-state index in [2.05, 4.69) is 0 Å². The SMILES string of the molecule is CSc1ccc(C(N)=O)cc1C#N. The topological polar surface area (TPSA) is 66.9 Å². The van der Waals surface area contributed by atoms with Crippen LogP contribution < -0.4 is 5.73 Å². The predicted octanol–water partition coefficient (Wildman–Crippen LogP) is 1.38. The largest absolute Gasteiger partial charge is 0.366 e. The van der Waals surface area contributed by atoms with Gasteiger partial charge in [-0.05, 0) is 24.5 Å². The Balaban J connectivity index is 3.23. The molecule has 1 aromatic carbocycles. The molecule has 0 aliphatic carbocycles. The average molecular weight is 192 g/mol. The minimum Gasteiger partial charge on any atom is -0.366 e. The highest BCUT2D eigenvalue weighted by atomic mass is 32.2. The normalized spacial score (nSPS) is 9.23. The molecule has 0 heterocycles. The van der Waals surface area contributed by atoms with Gasteiger partial charge >= 0.3 is 0 Å². The van der Waals surface area contributed by atoms with Crippen LogP contribution in [0.3, 0.4) is 0 Å². The van der Waals surface area contributed by atoms with Gasteiger partial charge < -0.3 is 5.73 Å². The van der Waals surface area contributed by atoms with Crippen molar-refractivity contribution in [1.82, 2.24) is 0 Å². The first-order chi connectivity index (χ1) is 6.19. The molecule has 1 rings (SSSR count). The van der Waals surface area contributed by atoms with Crippen LogP contribution in [-0.4, -0.2) is 12.2 Å². The van der Waals surface area contributed by atoms with Crippen LogP contribution in [0.2, 0.25) is 0 Å². The summed E-state index contributed by atoms with van der Waals surface area (Å²) in [6.07, 6.45) is 1.88. The number of nitrogens with two attached hydrogens (primary N) is 1. The molecule has 0 bridgehead atoms. The van der Waals surface area contributed by atoms with Crippen LogP contribution in [0.5, 0.6) is 0 Å². The summed E-state index contributed by atoms with van der Waals surface area (Å²) in [5, 5.41) is 8.74. The number of thioether (sulfide) groups is 1. The third kappa shape index (κ3) is 2.01. The average Bonchev–Trinajstić information content (AvgIpc) is 2.16. The zero-order valence-corrected chi connectivity index (χ0v) is 7.89. The van der Waals surface area contributed by atoms with Crippen molar-refractivity contribution in [2.75, 3.05) is 6.26 Å². The van der Waals surface area contributed by atoms with E-state index < -0.39 is 5.91 Å². The van der Waals surface area contributed by atoms with E-state index in [-0.39, 0.29) is 0 Å². The van der Waals surface area contributed by atoms with Gasteiger partial charge in [-0.25, -0.2) is 0 Å². The molecule has 2 N–H and O–H groups in total. The lowest BCUT2D eigenvalue weighted by Crippen LogP contribution is -2.10. The van der Waals surface area contributed by atoms with Crippen LogP contribution in [0.4, 0.5) is 0 Å². The number of rotatable bonds is 2. The molecule has 0 saturated heterocycles. The molecule has 13 heavy (non-hydrogen) atoms. The Morgan fingerprint density at radius 3 is 2.77 bits per heavy atom. The Hall–Kier alpha value is -1.47. The number of primary amides is 1. The minimum atomic E-state index is -0.510. The fourth-order valence-electron chi connectivity index (χ4n) is 0.949. The predicted molar refractivity (Wildman–Crippen MR) is 51.5 cm³/mol. The zero-order chi connectivity index (χ0) is 9.84. The molecule has 0 aliphatic rings. The van der Waals surface area contributed by atoms with E-state index in [4.69, 9.17) is 11.0 Å². The summed E-state index contributed by atoms with van der Waals surface area (Å²) in [4.78, 5) is 11.6. The first kappa shape index (κ1) is 9.62. The molecular formula is C9H8N2OS. The van der Waals surface area contributed by atoms with E-state index >= 15 is 0 Å². The second-order valence-corrected chi connectivity index (χ2v) is 3.24. The van der Waals surface area contributed by atoms with Gasteiger partial charge in [0, 0.05) is 10.5 Å². The summed E-state index contributed by atoms with van der Waals surface area (Å²) in [5.41, 5.74) is 5.93. The number of nitrogens with zero attached hydrogens (tertiary/aromatic N) is 1. The Bertz CT molecular complexity index is 382. The third-order valence-corrected chi connectivity index (χ3v) is 2.40. The van der Waals surface area contributed by atoms with Gasteiger partial charge in [0.05, 0.1) is 5.56 Å². The molecule has 0 fully saturated rings. The smallest absolute Gasteiger partial charge is 0.248 e. The van der Waals surface area contributed by atoms with Crippen LogP contribution in [0.25, 0.3) is 0 Å². The second kappa shape index (κ2) is 3.97. The van der Waals surface area contributed by atoms with Crippen molar-refractivity contribution in [2.45, 2.75) is 4.90 Å². The molecule has 0 atom stereocenters. The van der Waals surface area contributed by atoms with Crippen LogP contribution in [0.1, 0.15) is 15.9 Å². The molecule has 0 radical (unpaired) electrons. The van der Waals surface area contributed by atoms with Crippen molar-refractivity contribution in [3.63, 3.8) is 0 Å². The Kier molecular flexibility index (Phi) is 2.93. The molecule has 4 heteroatoms. The third-order valence-electron chi connectivity index (χ3n) is 1.60. The highest BCUT2D eigenvalue weighted by Crippen LogP contribution is 2.20. The van der Waals surface area contributed by atoms with E-state index in [9.17, 15) is 4.79 Å². The molecule has 0 spiro atoms.